The normalized spacial score (nSPS) is 19.3. The fourth-order valence-electron chi connectivity index (χ4n) is 4.91. The zero-order chi connectivity index (χ0) is 27.3. The Balaban J connectivity index is 1.65. The van der Waals surface area contributed by atoms with Gasteiger partial charge in [0.1, 0.15) is 18.0 Å². The lowest BCUT2D eigenvalue weighted by Crippen LogP contribution is -2.53. The second-order valence-corrected chi connectivity index (χ2v) is 10.8. The van der Waals surface area contributed by atoms with Gasteiger partial charge in [0.2, 0.25) is 0 Å². The Labute approximate surface area is 227 Å². The zero-order valence-corrected chi connectivity index (χ0v) is 23.6. The Morgan fingerprint density at radius 2 is 1.29 bits per heavy atom. The van der Waals surface area contributed by atoms with E-state index in [1.807, 2.05) is 58.0 Å². The minimum absolute atomic E-state index is 0.0698. The quantitative estimate of drug-likeness (QED) is 0.316. The van der Waals surface area contributed by atoms with Gasteiger partial charge >= 0.3 is 0 Å². The first kappa shape index (κ1) is 28.1. The molecule has 0 aliphatic carbocycles. The second kappa shape index (κ2) is 11.9. The predicted molar refractivity (Wildman–Crippen MR) is 151 cm³/mol. The Morgan fingerprint density at radius 1 is 0.737 bits per heavy atom. The highest BCUT2D eigenvalue weighted by Gasteiger charge is 2.52. The molecule has 3 atom stereocenters. The third-order valence-corrected chi connectivity index (χ3v) is 7.58. The molecule has 0 radical (unpaired) electrons. The van der Waals surface area contributed by atoms with Crippen molar-refractivity contribution in [2.24, 2.45) is 0 Å². The Kier molecular flexibility index (Phi) is 8.78. The third-order valence-electron chi connectivity index (χ3n) is 7.58. The largest absolute Gasteiger partial charge is 0.497 e. The average molecular weight is 520 g/mol. The summed E-state index contributed by atoms with van der Waals surface area (Å²) in [7, 11) is 5.09. The molecule has 204 valence electrons. The van der Waals surface area contributed by atoms with E-state index in [1.165, 1.54) is 11.1 Å². The van der Waals surface area contributed by atoms with Crippen LogP contribution in [0.15, 0.2) is 78.9 Å². The van der Waals surface area contributed by atoms with E-state index < -0.39 is 17.5 Å². The molecular formula is C32H41NO5. The van der Waals surface area contributed by atoms with Crippen LogP contribution in [-0.2, 0) is 25.4 Å². The number of nitrogens with one attached hydrogen (secondary N) is 1. The number of rotatable bonds is 11. The number of anilines is 1. The van der Waals surface area contributed by atoms with Crippen molar-refractivity contribution in [2.75, 3.05) is 26.6 Å². The Bertz CT molecular complexity index is 1140. The standard InChI is InChI=1S/C32H41NO5/c1-31(2,35-6)29-30(32(3,4)36-7)38-27(37-29)21-23-15-11-12-16-26(23)28(22-13-9-8-10-14-22)33-24-17-19-25(34-5)20-18-24/h8-20,27-30,33H,21H2,1-7H3/t28-,29+,30+/m0/s1. The molecular weight excluding hydrogens is 478 g/mol. The number of ether oxygens (including phenoxy) is 5. The van der Waals surface area contributed by atoms with Crippen LogP contribution in [-0.4, -0.2) is 51.0 Å². The van der Waals surface area contributed by atoms with E-state index in [0.717, 1.165) is 17.0 Å². The molecule has 0 unspecified atom stereocenters. The summed E-state index contributed by atoms with van der Waals surface area (Å²) in [6, 6.07) is 26.9. The average Bonchev–Trinajstić information content (AvgIpc) is 3.39. The molecule has 4 rings (SSSR count). The summed E-state index contributed by atoms with van der Waals surface area (Å²) in [6.45, 7) is 8.11. The van der Waals surface area contributed by atoms with Crippen molar-refractivity contribution in [3.63, 3.8) is 0 Å². The summed E-state index contributed by atoms with van der Waals surface area (Å²) < 4.78 is 30.1. The van der Waals surface area contributed by atoms with E-state index in [4.69, 9.17) is 23.7 Å². The van der Waals surface area contributed by atoms with Crippen molar-refractivity contribution in [1.82, 2.24) is 0 Å². The van der Waals surface area contributed by atoms with Gasteiger partial charge in [0.15, 0.2) is 6.29 Å². The zero-order valence-electron chi connectivity index (χ0n) is 23.6. The van der Waals surface area contributed by atoms with E-state index >= 15 is 0 Å². The van der Waals surface area contributed by atoms with Crippen molar-refractivity contribution in [2.45, 2.75) is 69.9 Å². The van der Waals surface area contributed by atoms with Gasteiger partial charge in [-0.15, -0.1) is 0 Å². The van der Waals surface area contributed by atoms with Crippen LogP contribution in [0.2, 0.25) is 0 Å². The molecule has 0 bridgehead atoms. The van der Waals surface area contributed by atoms with Crippen LogP contribution >= 0.6 is 0 Å². The van der Waals surface area contributed by atoms with Crippen molar-refractivity contribution < 1.29 is 23.7 Å². The maximum Gasteiger partial charge on any atom is 0.162 e. The van der Waals surface area contributed by atoms with Crippen LogP contribution in [0.3, 0.4) is 0 Å². The molecule has 0 saturated carbocycles. The third kappa shape index (κ3) is 6.21. The van der Waals surface area contributed by atoms with Crippen LogP contribution in [0.4, 0.5) is 5.69 Å². The van der Waals surface area contributed by atoms with Crippen LogP contribution in [0.5, 0.6) is 5.75 Å². The summed E-state index contributed by atoms with van der Waals surface area (Å²) in [4.78, 5) is 0. The van der Waals surface area contributed by atoms with E-state index in [1.54, 1.807) is 21.3 Å². The van der Waals surface area contributed by atoms with Crippen molar-refractivity contribution in [3.05, 3.63) is 95.6 Å². The molecule has 1 fully saturated rings. The second-order valence-electron chi connectivity index (χ2n) is 10.8. The van der Waals surface area contributed by atoms with E-state index in [0.29, 0.717) is 6.42 Å². The van der Waals surface area contributed by atoms with Crippen LogP contribution < -0.4 is 10.1 Å². The van der Waals surface area contributed by atoms with Gasteiger partial charge < -0.3 is 29.0 Å². The molecule has 3 aromatic carbocycles. The van der Waals surface area contributed by atoms with Gasteiger partial charge in [-0.1, -0.05) is 54.6 Å². The summed E-state index contributed by atoms with van der Waals surface area (Å²) in [6.07, 6.45) is -0.424. The Hall–Kier alpha value is -2.90. The smallest absolute Gasteiger partial charge is 0.162 e. The summed E-state index contributed by atoms with van der Waals surface area (Å²) in [5.74, 6) is 0.824. The maximum absolute atomic E-state index is 6.54. The number of methoxy groups -OCH3 is 3. The van der Waals surface area contributed by atoms with Crippen LogP contribution in [0.25, 0.3) is 0 Å². The first-order chi connectivity index (χ1) is 18.2. The highest BCUT2D eigenvalue weighted by atomic mass is 16.7. The minimum atomic E-state index is -0.544. The fourth-order valence-corrected chi connectivity index (χ4v) is 4.91. The molecule has 38 heavy (non-hydrogen) atoms. The highest BCUT2D eigenvalue weighted by molar-refractivity contribution is 5.52. The number of hydrogen-bond acceptors (Lipinski definition) is 6. The predicted octanol–water partition coefficient (Wildman–Crippen LogP) is 6.40. The van der Waals surface area contributed by atoms with Crippen molar-refractivity contribution in [1.29, 1.82) is 0 Å². The molecule has 3 aromatic rings. The van der Waals surface area contributed by atoms with E-state index in [-0.39, 0.29) is 18.2 Å². The number of benzene rings is 3. The van der Waals surface area contributed by atoms with Gasteiger partial charge in [-0.2, -0.15) is 0 Å². The first-order valence-corrected chi connectivity index (χ1v) is 13.1. The van der Waals surface area contributed by atoms with E-state index in [2.05, 4.69) is 53.8 Å². The topological polar surface area (TPSA) is 58.2 Å². The molecule has 1 aliphatic heterocycles. The molecule has 1 heterocycles. The molecule has 1 aliphatic rings. The lowest BCUT2D eigenvalue weighted by molar-refractivity contribution is -0.132. The lowest BCUT2D eigenvalue weighted by atomic mass is 9.87. The van der Waals surface area contributed by atoms with Crippen LogP contribution in [0.1, 0.15) is 50.4 Å². The molecule has 0 aromatic heterocycles. The van der Waals surface area contributed by atoms with Gasteiger partial charge in [0.25, 0.3) is 0 Å². The lowest BCUT2D eigenvalue weighted by Gasteiger charge is -2.38. The molecule has 0 amide bonds. The van der Waals surface area contributed by atoms with Gasteiger partial charge in [-0.25, -0.2) is 0 Å². The van der Waals surface area contributed by atoms with Gasteiger partial charge in [0.05, 0.1) is 24.4 Å². The molecule has 6 heteroatoms. The molecule has 0 spiro atoms. The number of hydrogen-bond donors (Lipinski definition) is 1. The van der Waals surface area contributed by atoms with Crippen molar-refractivity contribution >= 4 is 5.69 Å². The SMILES string of the molecule is COc1ccc(N[C@@H](c2ccccc2)c2ccccc2CC2O[C@@H](C(C)(C)OC)[C@H](C(C)(C)OC)O2)cc1. The monoisotopic (exact) mass is 519 g/mol. The molecule has 1 saturated heterocycles. The minimum Gasteiger partial charge on any atom is -0.497 e. The molecule has 6 nitrogen and oxygen atoms in total. The summed E-state index contributed by atoms with van der Waals surface area (Å²) >= 11 is 0. The van der Waals surface area contributed by atoms with Gasteiger partial charge in [-0.3, -0.25) is 0 Å². The fraction of sp³-hybridized carbons (Fsp3) is 0.438. The first-order valence-electron chi connectivity index (χ1n) is 13.1. The highest BCUT2D eigenvalue weighted by Crippen LogP contribution is 2.38. The maximum atomic E-state index is 6.54. The van der Waals surface area contributed by atoms with Crippen LogP contribution in [0, 0.1) is 0 Å². The van der Waals surface area contributed by atoms with Crippen molar-refractivity contribution in [3.8, 4) is 5.75 Å². The Morgan fingerprint density at radius 3 is 1.84 bits per heavy atom. The van der Waals surface area contributed by atoms with E-state index in [9.17, 15) is 0 Å². The summed E-state index contributed by atoms with van der Waals surface area (Å²) in [5.41, 5.74) is 3.40. The molecule has 1 N–H and O–H groups in total. The summed E-state index contributed by atoms with van der Waals surface area (Å²) in [5, 5.41) is 3.74. The van der Waals surface area contributed by atoms with Gasteiger partial charge in [-0.05, 0) is 68.7 Å². The van der Waals surface area contributed by atoms with Gasteiger partial charge in [0, 0.05) is 26.3 Å².